The fraction of sp³-hybridized carbons (Fsp3) is 0.500. The van der Waals surface area contributed by atoms with E-state index in [0.29, 0.717) is 12.0 Å². The van der Waals surface area contributed by atoms with Crippen LogP contribution in [0.25, 0.3) is 0 Å². The summed E-state index contributed by atoms with van der Waals surface area (Å²) in [5.41, 5.74) is 5.33. The molecule has 0 aromatic carbocycles. The van der Waals surface area contributed by atoms with E-state index in [1.165, 1.54) is 0 Å². The summed E-state index contributed by atoms with van der Waals surface area (Å²) in [6.45, 7) is 3.62. The number of carbonyl (C=O) groups is 2. The van der Waals surface area contributed by atoms with Crippen LogP contribution in [-0.4, -0.2) is 24.5 Å². The Hall–Kier alpha value is -1.62. The van der Waals surface area contributed by atoms with Gasteiger partial charge in [0, 0.05) is 5.57 Å². The van der Waals surface area contributed by atoms with E-state index in [4.69, 9.17) is 4.74 Å². The zero-order chi connectivity index (χ0) is 12.7. The topological polar surface area (TPSA) is 67.4 Å². The van der Waals surface area contributed by atoms with Crippen LogP contribution in [0.2, 0.25) is 0 Å². The van der Waals surface area contributed by atoms with Crippen molar-refractivity contribution in [1.29, 1.82) is 0 Å². The van der Waals surface area contributed by atoms with E-state index in [1.54, 1.807) is 6.08 Å². The molecule has 0 bridgehead atoms. The predicted octanol–water partition coefficient (Wildman–Crippen LogP) is 0.835. The smallest absolute Gasteiger partial charge is 0.265 e. The van der Waals surface area contributed by atoms with Crippen molar-refractivity contribution in [2.24, 2.45) is 0 Å². The maximum atomic E-state index is 11.6. The molecule has 0 aromatic heterocycles. The van der Waals surface area contributed by atoms with Crippen LogP contribution in [0.15, 0.2) is 23.8 Å². The number of carbonyl (C=O) groups excluding carboxylic acids is 2. The summed E-state index contributed by atoms with van der Waals surface area (Å²) in [5.74, 6) is -0.633. The van der Waals surface area contributed by atoms with Gasteiger partial charge in [-0.3, -0.25) is 20.4 Å². The molecule has 0 saturated heterocycles. The second-order valence-electron chi connectivity index (χ2n) is 4.02. The predicted molar refractivity (Wildman–Crippen MR) is 63.8 cm³/mol. The summed E-state index contributed by atoms with van der Waals surface area (Å²) < 4.78 is 5.09. The first-order valence-corrected chi connectivity index (χ1v) is 5.66. The van der Waals surface area contributed by atoms with Gasteiger partial charge in [0.1, 0.15) is 6.61 Å². The lowest BCUT2D eigenvalue weighted by Gasteiger charge is -2.11. The minimum atomic E-state index is -0.362. The number of hydrazine groups is 1. The first kappa shape index (κ1) is 13.4. The molecular formula is C12H18N2O3. The molecule has 1 aliphatic rings. The van der Waals surface area contributed by atoms with E-state index in [9.17, 15) is 9.59 Å². The second-order valence-corrected chi connectivity index (χ2v) is 4.02. The molecule has 0 aliphatic heterocycles. The van der Waals surface area contributed by atoms with Crippen molar-refractivity contribution in [3.05, 3.63) is 23.8 Å². The van der Waals surface area contributed by atoms with Crippen LogP contribution in [0.1, 0.15) is 26.7 Å². The van der Waals surface area contributed by atoms with Gasteiger partial charge in [0.2, 0.25) is 0 Å². The zero-order valence-corrected chi connectivity index (χ0v) is 10.2. The monoisotopic (exact) mass is 238 g/mol. The Morgan fingerprint density at radius 3 is 2.76 bits per heavy atom. The third kappa shape index (κ3) is 5.31. The molecule has 0 radical (unpaired) electrons. The molecule has 5 nitrogen and oxygen atoms in total. The van der Waals surface area contributed by atoms with Crippen LogP contribution in [0.5, 0.6) is 0 Å². The van der Waals surface area contributed by atoms with Gasteiger partial charge in [-0.15, -0.1) is 0 Å². The molecule has 0 unspecified atom stereocenters. The third-order valence-electron chi connectivity index (χ3n) is 2.17. The fourth-order valence-corrected chi connectivity index (χ4v) is 1.28. The van der Waals surface area contributed by atoms with E-state index >= 15 is 0 Å². The lowest BCUT2D eigenvalue weighted by molar-refractivity contribution is -0.131. The highest BCUT2D eigenvalue weighted by molar-refractivity contribution is 5.95. The summed E-state index contributed by atoms with van der Waals surface area (Å²) >= 11 is 0. The first-order valence-electron chi connectivity index (χ1n) is 5.66. The maximum Gasteiger partial charge on any atom is 0.265 e. The molecule has 94 valence electrons. The van der Waals surface area contributed by atoms with Crippen molar-refractivity contribution in [3.8, 4) is 0 Å². The van der Waals surface area contributed by atoms with Crippen molar-refractivity contribution >= 4 is 11.8 Å². The van der Waals surface area contributed by atoms with Gasteiger partial charge in [0.15, 0.2) is 0 Å². The van der Waals surface area contributed by atoms with Gasteiger partial charge >= 0.3 is 0 Å². The van der Waals surface area contributed by atoms with Crippen molar-refractivity contribution < 1.29 is 14.3 Å². The van der Waals surface area contributed by atoms with Gasteiger partial charge in [-0.1, -0.05) is 18.2 Å². The largest absolute Gasteiger partial charge is 0.369 e. The van der Waals surface area contributed by atoms with Crippen molar-refractivity contribution in [1.82, 2.24) is 10.9 Å². The summed E-state index contributed by atoms with van der Waals surface area (Å²) in [4.78, 5) is 22.8. The normalized spacial score (nSPS) is 14.4. The molecule has 0 fully saturated rings. The summed E-state index contributed by atoms with van der Waals surface area (Å²) in [7, 11) is 0. The Bertz CT molecular complexity index is 346. The van der Waals surface area contributed by atoms with E-state index in [1.807, 2.05) is 26.0 Å². The molecule has 0 atom stereocenters. The Balaban J connectivity index is 2.25. The van der Waals surface area contributed by atoms with Crippen molar-refractivity contribution in [2.45, 2.75) is 32.8 Å². The molecule has 0 spiro atoms. The molecule has 17 heavy (non-hydrogen) atoms. The molecule has 2 N–H and O–H groups in total. The molecule has 0 saturated carbocycles. The van der Waals surface area contributed by atoms with E-state index in [2.05, 4.69) is 10.9 Å². The van der Waals surface area contributed by atoms with Crippen molar-refractivity contribution in [3.63, 3.8) is 0 Å². The van der Waals surface area contributed by atoms with E-state index in [0.717, 1.165) is 6.42 Å². The summed E-state index contributed by atoms with van der Waals surface area (Å²) in [6.07, 6.45) is 7.11. The summed E-state index contributed by atoms with van der Waals surface area (Å²) in [5, 5.41) is 0. The average Bonchev–Trinajstić information content (AvgIpc) is 2.34. The number of rotatable bonds is 4. The minimum absolute atomic E-state index is 0.0114. The Kier molecular flexibility index (Phi) is 5.42. The summed E-state index contributed by atoms with van der Waals surface area (Å²) in [6, 6.07) is 0. The number of amides is 2. The molecule has 5 heteroatoms. The number of nitrogens with one attached hydrogen (secondary N) is 2. The first-order chi connectivity index (χ1) is 8.09. The van der Waals surface area contributed by atoms with Crippen LogP contribution in [-0.2, 0) is 14.3 Å². The Labute approximate surface area is 101 Å². The van der Waals surface area contributed by atoms with E-state index < -0.39 is 0 Å². The van der Waals surface area contributed by atoms with Crippen LogP contribution >= 0.6 is 0 Å². The van der Waals surface area contributed by atoms with Gasteiger partial charge in [0.25, 0.3) is 11.8 Å². The number of ether oxygens (including phenoxy) is 1. The molecular weight excluding hydrogens is 220 g/mol. The van der Waals surface area contributed by atoms with Gasteiger partial charge < -0.3 is 4.74 Å². The van der Waals surface area contributed by atoms with Crippen LogP contribution < -0.4 is 10.9 Å². The second kappa shape index (κ2) is 6.85. The molecule has 1 aliphatic carbocycles. The van der Waals surface area contributed by atoms with E-state index in [-0.39, 0.29) is 24.5 Å². The average molecular weight is 238 g/mol. The SMILES string of the molecule is CC(C)OCC(=O)NNC(=O)C1=CC=CCC1. The third-order valence-corrected chi connectivity index (χ3v) is 2.17. The maximum absolute atomic E-state index is 11.6. The Morgan fingerprint density at radius 1 is 1.41 bits per heavy atom. The van der Waals surface area contributed by atoms with Crippen LogP contribution in [0.3, 0.4) is 0 Å². The molecule has 0 heterocycles. The molecule has 2 amide bonds. The van der Waals surface area contributed by atoms with Crippen molar-refractivity contribution in [2.75, 3.05) is 6.61 Å². The highest BCUT2D eigenvalue weighted by Gasteiger charge is 2.11. The van der Waals surface area contributed by atoms with Crippen LogP contribution in [0, 0.1) is 0 Å². The number of hydrogen-bond acceptors (Lipinski definition) is 3. The fourth-order valence-electron chi connectivity index (χ4n) is 1.28. The zero-order valence-electron chi connectivity index (χ0n) is 10.2. The lowest BCUT2D eigenvalue weighted by Crippen LogP contribution is -2.44. The minimum Gasteiger partial charge on any atom is -0.369 e. The number of allylic oxidation sites excluding steroid dienone is 3. The van der Waals surface area contributed by atoms with Gasteiger partial charge in [0.05, 0.1) is 6.10 Å². The standard InChI is InChI=1S/C12H18N2O3/c1-9(2)17-8-11(15)13-14-12(16)10-6-4-3-5-7-10/h3-4,6,9H,5,7-8H2,1-2H3,(H,13,15)(H,14,16). The molecule has 1 rings (SSSR count). The van der Waals surface area contributed by atoms with Gasteiger partial charge in [-0.25, -0.2) is 0 Å². The highest BCUT2D eigenvalue weighted by atomic mass is 16.5. The Morgan fingerprint density at radius 2 is 2.18 bits per heavy atom. The van der Waals surface area contributed by atoms with Crippen LogP contribution in [0.4, 0.5) is 0 Å². The lowest BCUT2D eigenvalue weighted by atomic mass is 10.1. The quantitative estimate of drug-likeness (QED) is 0.713. The highest BCUT2D eigenvalue weighted by Crippen LogP contribution is 2.10. The van der Waals surface area contributed by atoms with Gasteiger partial charge in [-0.05, 0) is 26.7 Å². The number of hydrogen-bond donors (Lipinski definition) is 2. The molecule has 0 aromatic rings. The van der Waals surface area contributed by atoms with Gasteiger partial charge in [-0.2, -0.15) is 0 Å².